The molecule has 0 aromatic heterocycles. The van der Waals surface area contributed by atoms with Crippen LogP contribution >= 0.6 is 11.6 Å². The van der Waals surface area contributed by atoms with Crippen molar-refractivity contribution >= 4 is 26.7 Å². The Bertz CT molecular complexity index is 734. The largest absolute Gasteiger partial charge is 0.417 e. The minimum Gasteiger partial charge on any atom is -0.276 e. The van der Waals surface area contributed by atoms with Crippen molar-refractivity contribution in [3.63, 3.8) is 0 Å². The van der Waals surface area contributed by atoms with E-state index < -0.39 is 37.0 Å². The number of hydrogen-bond donors (Lipinski definition) is 0. The van der Waals surface area contributed by atoms with E-state index in [0.29, 0.717) is 31.7 Å². The average molecular weight is 383 g/mol. The molecule has 8 heteroatoms. The van der Waals surface area contributed by atoms with Crippen molar-refractivity contribution in [3.8, 4) is 0 Å². The monoisotopic (exact) mass is 382 g/mol. The summed E-state index contributed by atoms with van der Waals surface area (Å²) in [5.74, 6) is 0. The van der Waals surface area contributed by atoms with E-state index in [9.17, 15) is 26.4 Å². The van der Waals surface area contributed by atoms with Gasteiger partial charge in [-0.3, -0.25) is 4.79 Å². The van der Waals surface area contributed by atoms with Gasteiger partial charge in [-0.25, -0.2) is 8.42 Å². The predicted molar refractivity (Wildman–Crippen MR) is 85.0 cm³/mol. The van der Waals surface area contributed by atoms with Gasteiger partial charge in [0.25, 0.3) is 5.24 Å². The molecule has 0 unspecified atom stereocenters. The van der Waals surface area contributed by atoms with Gasteiger partial charge in [0.1, 0.15) is 0 Å². The summed E-state index contributed by atoms with van der Waals surface area (Å²) in [6.45, 7) is 1.38. The SMILES string of the molecule is Cc1cc(S(=O)(=O)C2CCCCCC2)c(C(F)(F)F)cc1C(=O)Cl. The van der Waals surface area contributed by atoms with Crippen LogP contribution in [0.5, 0.6) is 0 Å². The van der Waals surface area contributed by atoms with Crippen LogP contribution in [0.4, 0.5) is 13.2 Å². The number of carbonyl (C=O) groups excluding carboxylic acids is 1. The summed E-state index contributed by atoms with van der Waals surface area (Å²) in [6.07, 6.45) is -1.04. The van der Waals surface area contributed by atoms with Crippen LogP contribution in [0.15, 0.2) is 17.0 Å². The molecule has 1 aliphatic rings. The molecule has 0 atom stereocenters. The van der Waals surface area contributed by atoms with Gasteiger partial charge in [-0.05, 0) is 49.1 Å². The van der Waals surface area contributed by atoms with Crippen LogP contribution in [0.25, 0.3) is 0 Å². The van der Waals surface area contributed by atoms with E-state index in [-0.39, 0.29) is 11.1 Å². The number of halogens is 4. The summed E-state index contributed by atoms with van der Waals surface area (Å²) in [5, 5.41) is -1.87. The van der Waals surface area contributed by atoms with Gasteiger partial charge in [0.2, 0.25) is 0 Å². The molecule has 1 fully saturated rings. The number of hydrogen-bond acceptors (Lipinski definition) is 3. The summed E-state index contributed by atoms with van der Waals surface area (Å²) in [6, 6.07) is 1.48. The van der Waals surface area contributed by atoms with E-state index in [1.54, 1.807) is 0 Å². The lowest BCUT2D eigenvalue weighted by Crippen LogP contribution is -2.24. The highest BCUT2D eigenvalue weighted by molar-refractivity contribution is 7.92. The Hall–Kier alpha value is -1.08. The molecular formula is C16H18ClF3O3S. The first-order valence-corrected chi connectivity index (χ1v) is 9.63. The minimum atomic E-state index is -4.89. The molecule has 1 saturated carbocycles. The van der Waals surface area contributed by atoms with Crippen LogP contribution in [0.2, 0.25) is 0 Å². The standard InChI is InChI=1S/C16H18ClF3O3S/c1-10-8-14(13(16(18,19)20)9-12(10)15(17)21)24(22,23)11-6-4-2-3-5-7-11/h8-9,11H,2-7H2,1H3. The molecule has 3 nitrogen and oxygen atoms in total. The fourth-order valence-electron chi connectivity index (χ4n) is 3.08. The van der Waals surface area contributed by atoms with Crippen molar-refractivity contribution in [2.24, 2.45) is 0 Å². The van der Waals surface area contributed by atoms with Gasteiger partial charge >= 0.3 is 6.18 Å². The minimum absolute atomic E-state index is 0.121. The smallest absolute Gasteiger partial charge is 0.276 e. The lowest BCUT2D eigenvalue weighted by molar-refractivity contribution is -0.139. The first-order valence-electron chi connectivity index (χ1n) is 7.70. The Morgan fingerprint density at radius 3 is 2.12 bits per heavy atom. The van der Waals surface area contributed by atoms with Gasteiger partial charge in [0, 0.05) is 5.56 Å². The Kier molecular flexibility index (Phi) is 5.64. The first kappa shape index (κ1) is 19.2. The molecule has 0 heterocycles. The molecule has 134 valence electrons. The van der Waals surface area contributed by atoms with Crippen LogP contribution in [0.3, 0.4) is 0 Å². The number of rotatable bonds is 3. The van der Waals surface area contributed by atoms with E-state index in [1.165, 1.54) is 6.92 Å². The summed E-state index contributed by atoms with van der Waals surface area (Å²) in [4.78, 5) is 10.6. The van der Waals surface area contributed by atoms with Crippen molar-refractivity contribution < 1.29 is 26.4 Å². The molecule has 1 aliphatic carbocycles. The van der Waals surface area contributed by atoms with Gasteiger partial charge in [0.05, 0.1) is 15.7 Å². The normalized spacial score (nSPS) is 17.5. The second kappa shape index (κ2) is 7.04. The van der Waals surface area contributed by atoms with Gasteiger partial charge in [-0.2, -0.15) is 13.2 Å². The molecule has 0 bridgehead atoms. The molecule has 2 rings (SSSR count). The van der Waals surface area contributed by atoms with Crippen LogP contribution in [0.1, 0.15) is 60.0 Å². The molecule has 0 saturated heterocycles. The number of alkyl halides is 3. The van der Waals surface area contributed by atoms with Crippen LogP contribution < -0.4 is 0 Å². The maximum atomic E-state index is 13.4. The zero-order valence-electron chi connectivity index (χ0n) is 13.1. The van der Waals surface area contributed by atoms with Gasteiger partial charge in [-0.15, -0.1) is 0 Å². The maximum Gasteiger partial charge on any atom is 0.417 e. The van der Waals surface area contributed by atoms with Crippen molar-refractivity contribution in [2.45, 2.75) is 61.8 Å². The lowest BCUT2D eigenvalue weighted by atomic mass is 10.1. The predicted octanol–water partition coefficient (Wildman–Crippen LogP) is 4.89. The zero-order valence-corrected chi connectivity index (χ0v) is 14.7. The summed E-state index contributed by atoms with van der Waals surface area (Å²) >= 11 is 5.31. The third-order valence-corrected chi connectivity index (χ3v) is 6.89. The summed E-state index contributed by atoms with van der Waals surface area (Å²) in [7, 11) is -4.14. The fourth-order valence-corrected chi connectivity index (χ4v) is 5.42. The van der Waals surface area contributed by atoms with Gasteiger partial charge in [-0.1, -0.05) is 25.7 Å². The van der Waals surface area contributed by atoms with Crippen LogP contribution in [-0.2, 0) is 16.0 Å². The van der Waals surface area contributed by atoms with Crippen LogP contribution in [-0.4, -0.2) is 18.9 Å². The average Bonchev–Trinajstić information content (AvgIpc) is 2.74. The lowest BCUT2D eigenvalue weighted by Gasteiger charge is -2.20. The Morgan fingerprint density at radius 2 is 1.67 bits per heavy atom. The Morgan fingerprint density at radius 1 is 1.12 bits per heavy atom. The molecule has 0 amide bonds. The van der Waals surface area contributed by atoms with Crippen molar-refractivity contribution in [3.05, 3.63) is 28.8 Å². The molecule has 0 N–H and O–H groups in total. The number of aryl methyl sites for hydroxylation is 1. The van der Waals surface area contributed by atoms with Crippen LogP contribution in [0, 0.1) is 6.92 Å². The van der Waals surface area contributed by atoms with Crippen molar-refractivity contribution in [1.82, 2.24) is 0 Å². The molecule has 0 spiro atoms. The van der Waals surface area contributed by atoms with E-state index >= 15 is 0 Å². The zero-order chi connectivity index (χ0) is 18.1. The fraction of sp³-hybridized carbons (Fsp3) is 0.562. The molecule has 1 aromatic carbocycles. The number of benzene rings is 1. The molecule has 0 aliphatic heterocycles. The second-order valence-corrected chi connectivity index (χ2v) is 8.63. The highest BCUT2D eigenvalue weighted by Crippen LogP contribution is 2.39. The molecule has 1 aromatic rings. The summed E-state index contributed by atoms with van der Waals surface area (Å²) < 4.78 is 65.8. The first-order chi connectivity index (χ1) is 11.0. The number of carbonyl (C=O) groups is 1. The van der Waals surface area contributed by atoms with Crippen molar-refractivity contribution in [2.75, 3.05) is 0 Å². The molecular weight excluding hydrogens is 365 g/mol. The Labute approximate surface area is 144 Å². The third-order valence-electron chi connectivity index (χ3n) is 4.39. The van der Waals surface area contributed by atoms with Crippen molar-refractivity contribution in [1.29, 1.82) is 0 Å². The molecule has 0 radical (unpaired) electrons. The van der Waals surface area contributed by atoms with E-state index in [0.717, 1.165) is 18.9 Å². The Balaban J connectivity index is 2.63. The highest BCUT2D eigenvalue weighted by Gasteiger charge is 2.40. The van der Waals surface area contributed by atoms with Gasteiger partial charge in [0.15, 0.2) is 9.84 Å². The molecule has 24 heavy (non-hydrogen) atoms. The third kappa shape index (κ3) is 3.94. The van der Waals surface area contributed by atoms with E-state index in [4.69, 9.17) is 11.6 Å². The topological polar surface area (TPSA) is 51.2 Å². The highest BCUT2D eigenvalue weighted by atomic mass is 35.5. The van der Waals surface area contributed by atoms with E-state index in [1.807, 2.05) is 0 Å². The van der Waals surface area contributed by atoms with Gasteiger partial charge < -0.3 is 0 Å². The second-order valence-electron chi connectivity index (χ2n) is 6.09. The quantitative estimate of drug-likeness (QED) is 0.552. The maximum absolute atomic E-state index is 13.4. The van der Waals surface area contributed by atoms with E-state index in [2.05, 4.69) is 0 Å². The summed E-state index contributed by atoms with van der Waals surface area (Å²) in [5.41, 5.74) is -1.53. The number of sulfone groups is 1.